The van der Waals surface area contributed by atoms with Gasteiger partial charge in [-0.15, -0.1) is 0 Å². The molecule has 1 heterocycles. The highest BCUT2D eigenvalue weighted by Gasteiger charge is 2.08. The van der Waals surface area contributed by atoms with Crippen molar-refractivity contribution in [2.45, 2.75) is 26.3 Å². The highest BCUT2D eigenvalue weighted by atomic mass is 16.1. The van der Waals surface area contributed by atoms with Crippen molar-refractivity contribution in [1.82, 2.24) is 15.3 Å². The van der Waals surface area contributed by atoms with Crippen LogP contribution in [0.5, 0.6) is 0 Å². The van der Waals surface area contributed by atoms with Gasteiger partial charge in [0.1, 0.15) is 5.69 Å². The number of H-pyrrole nitrogens is 1. The summed E-state index contributed by atoms with van der Waals surface area (Å²) < 4.78 is 0. The number of fused-ring (bicyclic) bond motifs is 1. The molecule has 0 bridgehead atoms. The van der Waals surface area contributed by atoms with Crippen LogP contribution in [0, 0.1) is 6.92 Å². The first-order valence-electron chi connectivity index (χ1n) is 7.92. The van der Waals surface area contributed by atoms with Crippen molar-refractivity contribution in [2.24, 2.45) is 0 Å². The maximum Gasteiger partial charge on any atom is 0.270 e. The Labute approximate surface area is 139 Å². The van der Waals surface area contributed by atoms with E-state index in [-0.39, 0.29) is 17.9 Å². The molecule has 2 aromatic carbocycles. The van der Waals surface area contributed by atoms with Gasteiger partial charge in [0.15, 0.2) is 0 Å². The molecule has 0 saturated heterocycles. The Morgan fingerprint density at radius 1 is 1.12 bits per heavy atom. The number of aromatic amines is 1. The summed E-state index contributed by atoms with van der Waals surface area (Å²) in [7, 11) is 0. The molecule has 0 saturated carbocycles. The fourth-order valence-corrected chi connectivity index (χ4v) is 2.46. The number of hydrogen-bond acceptors (Lipinski definition) is 3. The smallest absolute Gasteiger partial charge is 0.270 e. The number of nitrogens with one attached hydrogen (secondary N) is 2. The third-order valence-electron chi connectivity index (χ3n) is 3.87. The minimum Gasteiger partial charge on any atom is -0.352 e. The van der Waals surface area contributed by atoms with Gasteiger partial charge in [-0.05, 0) is 24.6 Å². The molecule has 1 aromatic heterocycles. The topological polar surface area (TPSA) is 74.8 Å². The quantitative estimate of drug-likeness (QED) is 0.758. The lowest BCUT2D eigenvalue weighted by atomic mass is 10.1. The molecule has 24 heavy (non-hydrogen) atoms. The summed E-state index contributed by atoms with van der Waals surface area (Å²) in [6.07, 6.45) is 0.556. The molecule has 0 radical (unpaired) electrons. The van der Waals surface area contributed by atoms with E-state index in [9.17, 15) is 9.59 Å². The van der Waals surface area contributed by atoms with Crippen LogP contribution in [-0.2, 0) is 17.8 Å². The minimum atomic E-state index is -0.236. The summed E-state index contributed by atoms with van der Waals surface area (Å²) in [5, 5.41) is 2.87. The fourth-order valence-electron chi connectivity index (χ4n) is 2.46. The van der Waals surface area contributed by atoms with E-state index in [0.29, 0.717) is 24.2 Å². The minimum absolute atomic E-state index is 0.0927. The van der Waals surface area contributed by atoms with Crippen LogP contribution in [0.15, 0.2) is 53.3 Å². The van der Waals surface area contributed by atoms with E-state index in [1.165, 1.54) is 5.56 Å². The number of para-hydroxylation sites is 2. The van der Waals surface area contributed by atoms with Gasteiger partial charge in [-0.25, -0.2) is 4.98 Å². The summed E-state index contributed by atoms with van der Waals surface area (Å²) in [4.78, 5) is 31.1. The first-order chi connectivity index (χ1) is 11.6. The molecular weight excluding hydrogens is 302 g/mol. The van der Waals surface area contributed by atoms with E-state index in [1.807, 2.05) is 55.5 Å². The van der Waals surface area contributed by atoms with Crippen LogP contribution in [0.2, 0.25) is 0 Å². The second kappa shape index (κ2) is 7.08. The maximum absolute atomic E-state index is 12.0. The van der Waals surface area contributed by atoms with E-state index >= 15 is 0 Å². The number of aryl methyl sites for hydroxylation is 2. The van der Waals surface area contributed by atoms with Crippen LogP contribution in [0.1, 0.15) is 23.2 Å². The predicted octanol–water partition coefficient (Wildman–Crippen LogP) is 2.48. The monoisotopic (exact) mass is 321 g/mol. The predicted molar refractivity (Wildman–Crippen MR) is 93.7 cm³/mol. The molecule has 5 heteroatoms. The Morgan fingerprint density at radius 2 is 1.88 bits per heavy atom. The maximum atomic E-state index is 12.0. The Balaban J connectivity index is 1.59. The molecule has 0 unspecified atom stereocenters. The Hall–Kier alpha value is -2.95. The van der Waals surface area contributed by atoms with Crippen LogP contribution >= 0.6 is 0 Å². The lowest BCUT2D eigenvalue weighted by Gasteiger charge is -2.06. The third kappa shape index (κ3) is 3.87. The van der Waals surface area contributed by atoms with Gasteiger partial charge in [-0.3, -0.25) is 9.59 Å². The molecule has 0 aliphatic rings. The summed E-state index contributed by atoms with van der Waals surface area (Å²) >= 11 is 0. The first-order valence-corrected chi connectivity index (χ1v) is 7.92. The average molecular weight is 321 g/mol. The second-order valence-corrected chi connectivity index (χ2v) is 5.79. The lowest BCUT2D eigenvalue weighted by molar-refractivity contribution is -0.121. The molecule has 0 spiro atoms. The van der Waals surface area contributed by atoms with Gasteiger partial charge in [0, 0.05) is 19.4 Å². The van der Waals surface area contributed by atoms with Gasteiger partial charge < -0.3 is 10.3 Å². The van der Waals surface area contributed by atoms with E-state index in [2.05, 4.69) is 15.3 Å². The number of rotatable bonds is 5. The molecular formula is C19H19N3O2. The van der Waals surface area contributed by atoms with Crippen molar-refractivity contribution < 1.29 is 4.79 Å². The van der Waals surface area contributed by atoms with Crippen LogP contribution in [0.25, 0.3) is 11.0 Å². The highest BCUT2D eigenvalue weighted by Crippen LogP contribution is 2.07. The Bertz CT molecular complexity index is 914. The van der Waals surface area contributed by atoms with Gasteiger partial charge in [-0.1, -0.05) is 42.0 Å². The lowest BCUT2D eigenvalue weighted by Crippen LogP contribution is -2.24. The molecule has 0 aliphatic heterocycles. The van der Waals surface area contributed by atoms with Gasteiger partial charge >= 0.3 is 0 Å². The van der Waals surface area contributed by atoms with Crippen molar-refractivity contribution in [3.63, 3.8) is 0 Å². The molecule has 3 rings (SSSR count). The van der Waals surface area contributed by atoms with Gasteiger partial charge in [0.05, 0.1) is 11.0 Å². The van der Waals surface area contributed by atoms with E-state index < -0.39 is 0 Å². The molecule has 5 nitrogen and oxygen atoms in total. The van der Waals surface area contributed by atoms with Crippen molar-refractivity contribution in [3.05, 3.63) is 75.7 Å². The number of hydrogen-bond donors (Lipinski definition) is 2. The fraction of sp³-hybridized carbons (Fsp3) is 0.211. The zero-order valence-corrected chi connectivity index (χ0v) is 13.5. The number of carbonyl (C=O) groups excluding carboxylic acids is 1. The number of carbonyl (C=O) groups is 1. The van der Waals surface area contributed by atoms with E-state index in [1.54, 1.807) is 0 Å². The molecule has 0 atom stereocenters. The highest BCUT2D eigenvalue weighted by molar-refractivity contribution is 5.76. The Morgan fingerprint density at radius 3 is 2.67 bits per heavy atom. The number of amides is 1. The first kappa shape index (κ1) is 15.9. The molecule has 0 fully saturated rings. The standard InChI is InChI=1S/C19H19N3O2/c1-13-6-8-14(9-7-13)12-20-18(23)11-10-17-19(24)22-16-5-3-2-4-15(16)21-17/h2-9H,10-12H2,1H3,(H,20,23)(H,22,24). The molecule has 0 aliphatic carbocycles. The molecule has 122 valence electrons. The molecule has 1 amide bonds. The van der Waals surface area contributed by atoms with Crippen LogP contribution in [0.4, 0.5) is 0 Å². The average Bonchev–Trinajstić information content (AvgIpc) is 2.59. The van der Waals surface area contributed by atoms with Crippen molar-refractivity contribution in [3.8, 4) is 0 Å². The van der Waals surface area contributed by atoms with Crippen LogP contribution < -0.4 is 10.9 Å². The number of aromatic nitrogens is 2. The largest absolute Gasteiger partial charge is 0.352 e. The zero-order chi connectivity index (χ0) is 16.9. The van der Waals surface area contributed by atoms with Crippen LogP contribution in [0.3, 0.4) is 0 Å². The van der Waals surface area contributed by atoms with Gasteiger partial charge in [-0.2, -0.15) is 0 Å². The zero-order valence-electron chi connectivity index (χ0n) is 13.5. The summed E-state index contributed by atoms with van der Waals surface area (Å²) in [6.45, 7) is 2.51. The summed E-state index contributed by atoms with van der Waals surface area (Å²) in [6, 6.07) is 15.4. The summed E-state index contributed by atoms with van der Waals surface area (Å²) in [5.41, 5.74) is 3.82. The summed E-state index contributed by atoms with van der Waals surface area (Å²) in [5.74, 6) is -0.0927. The van der Waals surface area contributed by atoms with Crippen LogP contribution in [-0.4, -0.2) is 15.9 Å². The second-order valence-electron chi connectivity index (χ2n) is 5.79. The SMILES string of the molecule is Cc1ccc(CNC(=O)CCc2nc3ccccc3[nH]c2=O)cc1. The van der Waals surface area contributed by atoms with E-state index in [0.717, 1.165) is 11.1 Å². The Kier molecular flexibility index (Phi) is 4.70. The number of nitrogens with zero attached hydrogens (tertiary/aromatic N) is 1. The van der Waals surface area contributed by atoms with Gasteiger partial charge in [0.2, 0.25) is 5.91 Å². The normalized spacial score (nSPS) is 10.7. The van der Waals surface area contributed by atoms with Crippen molar-refractivity contribution in [1.29, 1.82) is 0 Å². The van der Waals surface area contributed by atoms with Crippen molar-refractivity contribution >= 4 is 16.9 Å². The number of benzene rings is 2. The third-order valence-corrected chi connectivity index (χ3v) is 3.87. The van der Waals surface area contributed by atoms with E-state index in [4.69, 9.17) is 0 Å². The van der Waals surface area contributed by atoms with Gasteiger partial charge in [0.25, 0.3) is 5.56 Å². The van der Waals surface area contributed by atoms with Crippen molar-refractivity contribution in [2.75, 3.05) is 0 Å². The molecule has 2 N–H and O–H groups in total. The molecule has 3 aromatic rings.